The fourth-order valence-corrected chi connectivity index (χ4v) is 1.70. The first-order chi connectivity index (χ1) is 8.15. The van der Waals surface area contributed by atoms with Crippen molar-refractivity contribution in [1.29, 1.82) is 0 Å². The molecular formula is C13H11ClN2O. The quantitative estimate of drug-likeness (QED) is 0.840. The second-order valence-electron chi connectivity index (χ2n) is 3.65. The van der Waals surface area contributed by atoms with Gasteiger partial charge >= 0.3 is 0 Å². The molecule has 86 valence electrons. The average molecular weight is 247 g/mol. The van der Waals surface area contributed by atoms with Crippen LogP contribution >= 0.6 is 11.6 Å². The lowest BCUT2D eigenvalue weighted by Crippen LogP contribution is -1.96. The van der Waals surface area contributed by atoms with Crippen molar-refractivity contribution in [2.24, 2.45) is 0 Å². The molecule has 2 rings (SSSR count). The maximum atomic E-state index is 11.3. The second-order valence-corrected chi connectivity index (χ2v) is 4.08. The largest absolute Gasteiger partial charge is 0.355 e. The number of nitrogens with one attached hydrogen (secondary N) is 1. The van der Waals surface area contributed by atoms with Gasteiger partial charge in [0.1, 0.15) is 0 Å². The van der Waals surface area contributed by atoms with Crippen LogP contribution in [0.25, 0.3) is 0 Å². The summed E-state index contributed by atoms with van der Waals surface area (Å²) in [6.07, 6.45) is 3.39. The molecule has 1 N–H and O–H groups in total. The van der Waals surface area contributed by atoms with E-state index in [1.54, 1.807) is 30.6 Å². The number of aromatic nitrogens is 1. The number of carbonyl (C=O) groups excluding carboxylic acids is 1. The number of benzene rings is 1. The van der Waals surface area contributed by atoms with E-state index in [9.17, 15) is 4.79 Å². The van der Waals surface area contributed by atoms with Crippen LogP contribution in [-0.2, 0) is 0 Å². The minimum Gasteiger partial charge on any atom is -0.355 e. The van der Waals surface area contributed by atoms with Gasteiger partial charge in [0.2, 0.25) is 0 Å². The van der Waals surface area contributed by atoms with Crippen molar-refractivity contribution < 1.29 is 4.79 Å². The van der Waals surface area contributed by atoms with E-state index < -0.39 is 0 Å². The highest BCUT2D eigenvalue weighted by molar-refractivity contribution is 6.31. The highest BCUT2D eigenvalue weighted by atomic mass is 35.5. The number of rotatable bonds is 3. The molecule has 0 radical (unpaired) electrons. The zero-order chi connectivity index (χ0) is 12.3. The van der Waals surface area contributed by atoms with Crippen molar-refractivity contribution >= 4 is 28.8 Å². The van der Waals surface area contributed by atoms with Gasteiger partial charge in [-0.05, 0) is 37.3 Å². The van der Waals surface area contributed by atoms with Crippen LogP contribution in [0.2, 0.25) is 5.02 Å². The van der Waals surface area contributed by atoms with E-state index in [-0.39, 0.29) is 5.78 Å². The third-order valence-electron chi connectivity index (χ3n) is 2.27. The summed E-state index contributed by atoms with van der Waals surface area (Å²) in [5.74, 6) is -0.00900. The van der Waals surface area contributed by atoms with Crippen molar-refractivity contribution in [2.45, 2.75) is 6.92 Å². The maximum absolute atomic E-state index is 11.3. The Hall–Kier alpha value is -1.87. The molecule has 0 saturated carbocycles. The van der Waals surface area contributed by atoms with Gasteiger partial charge in [-0.25, -0.2) is 0 Å². The molecule has 0 aliphatic carbocycles. The fraction of sp³-hybridized carbons (Fsp3) is 0.0769. The molecule has 0 unspecified atom stereocenters. The summed E-state index contributed by atoms with van der Waals surface area (Å²) in [5, 5.41) is 3.70. The van der Waals surface area contributed by atoms with Gasteiger partial charge < -0.3 is 5.32 Å². The zero-order valence-corrected chi connectivity index (χ0v) is 10.0. The number of hydrogen-bond donors (Lipinski definition) is 1. The predicted molar refractivity (Wildman–Crippen MR) is 69.0 cm³/mol. The van der Waals surface area contributed by atoms with Crippen LogP contribution in [-0.4, -0.2) is 10.8 Å². The van der Waals surface area contributed by atoms with E-state index in [1.165, 1.54) is 6.92 Å². The molecule has 0 amide bonds. The minimum atomic E-state index is -0.00900. The van der Waals surface area contributed by atoms with Gasteiger partial charge in [0, 0.05) is 34.4 Å². The standard InChI is InChI=1S/C13H11ClN2O/c1-9(17)10-6-11(14)8-13(7-10)16-12-2-4-15-5-3-12/h2-8H,1H3,(H,15,16). The Labute approximate surface area is 104 Å². The molecule has 0 saturated heterocycles. The lowest BCUT2D eigenvalue weighted by molar-refractivity contribution is 0.101. The molecule has 0 aliphatic heterocycles. The molecule has 1 aromatic carbocycles. The van der Waals surface area contributed by atoms with E-state index in [0.717, 1.165) is 11.4 Å². The summed E-state index contributed by atoms with van der Waals surface area (Å²) in [6.45, 7) is 1.52. The Morgan fingerprint density at radius 2 is 1.88 bits per heavy atom. The maximum Gasteiger partial charge on any atom is 0.159 e. The SMILES string of the molecule is CC(=O)c1cc(Cl)cc(Nc2ccncc2)c1. The van der Waals surface area contributed by atoms with Crippen molar-refractivity contribution in [2.75, 3.05) is 5.32 Å². The smallest absolute Gasteiger partial charge is 0.159 e. The van der Waals surface area contributed by atoms with E-state index >= 15 is 0 Å². The van der Waals surface area contributed by atoms with Gasteiger partial charge in [0.05, 0.1) is 0 Å². The molecule has 1 heterocycles. The van der Waals surface area contributed by atoms with E-state index in [1.807, 2.05) is 12.1 Å². The number of halogens is 1. The monoisotopic (exact) mass is 246 g/mol. The van der Waals surface area contributed by atoms with Gasteiger partial charge in [-0.15, -0.1) is 0 Å². The number of ketones is 1. The van der Waals surface area contributed by atoms with Crippen LogP contribution in [0.15, 0.2) is 42.7 Å². The van der Waals surface area contributed by atoms with Crippen molar-refractivity contribution in [3.05, 3.63) is 53.3 Å². The molecule has 1 aromatic heterocycles. The predicted octanol–water partition coefficient (Wildman–Crippen LogP) is 3.68. The summed E-state index contributed by atoms with van der Waals surface area (Å²) < 4.78 is 0. The minimum absolute atomic E-state index is 0.00900. The fourth-order valence-electron chi connectivity index (χ4n) is 1.47. The first kappa shape index (κ1) is 11.6. The second kappa shape index (κ2) is 4.97. The Morgan fingerprint density at radius 3 is 2.53 bits per heavy atom. The average Bonchev–Trinajstić information content (AvgIpc) is 2.29. The first-order valence-corrected chi connectivity index (χ1v) is 5.51. The van der Waals surface area contributed by atoms with E-state index in [4.69, 9.17) is 11.6 Å². The number of carbonyl (C=O) groups is 1. The molecule has 4 heteroatoms. The molecule has 0 atom stereocenters. The molecule has 0 aliphatic rings. The number of pyridine rings is 1. The van der Waals surface area contributed by atoms with Gasteiger partial charge in [0.25, 0.3) is 0 Å². The number of anilines is 2. The van der Waals surface area contributed by atoms with E-state index in [2.05, 4.69) is 10.3 Å². The van der Waals surface area contributed by atoms with Crippen LogP contribution in [0.1, 0.15) is 17.3 Å². The zero-order valence-electron chi connectivity index (χ0n) is 9.27. The summed E-state index contributed by atoms with van der Waals surface area (Å²) in [7, 11) is 0. The van der Waals surface area contributed by atoms with Crippen LogP contribution in [0.4, 0.5) is 11.4 Å². The Bertz CT molecular complexity index is 540. The molecule has 0 spiro atoms. The Morgan fingerprint density at radius 1 is 1.18 bits per heavy atom. The van der Waals surface area contributed by atoms with Crippen LogP contribution in [0.5, 0.6) is 0 Å². The third-order valence-corrected chi connectivity index (χ3v) is 2.49. The topological polar surface area (TPSA) is 42.0 Å². The van der Waals surface area contributed by atoms with Crippen LogP contribution in [0, 0.1) is 0 Å². The third kappa shape index (κ3) is 3.04. The molecular weight excluding hydrogens is 236 g/mol. The Kier molecular flexibility index (Phi) is 3.40. The van der Waals surface area contributed by atoms with Crippen LogP contribution < -0.4 is 5.32 Å². The summed E-state index contributed by atoms with van der Waals surface area (Å²) in [5.41, 5.74) is 2.28. The molecule has 3 nitrogen and oxygen atoms in total. The molecule has 2 aromatic rings. The number of Topliss-reactive ketones (excluding diaryl/α,β-unsaturated/α-hetero) is 1. The van der Waals surface area contributed by atoms with Crippen molar-refractivity contribution in [3.8, 4) is 0 Å². The summed E-state index contributed by atoms with van der Waals surface area (Å²) >= 11 is 5.96. The molecule has 17 heavy (non-hydrogen) atoms. The molecule has 0 bridgehead atoms. The Balaban J connectivity index is 2.30. The van der Waals surface area contributed by atoms with Crippen molar-refractivity contribution in [1.82, 2.24) is 4.98 Å². The summed E-state index contributed by atoms with van der Waals surface area (Å²) in [6, 6.07) is 8.88. The highest BCUT2D eigenvalue weighted by Gasteiger charge is 2.04. The van der Waals surface area contributed by atoms with E-state index in [0.29, 0.717) is 10.6 Å². The number of nitrogens with zero attached hydrogens (tertiary/aromatic N) is 1. The molecule has 0 fully saturated rings. The summed E-state index contributed by atoms with van der Waals surface area (Å²) in [4.78, 5) is 15.2. The van der Waals surface area contributed by atoms with Crippen LogP contribution in [0.3, 0.4) is 0 Å². The highest BCUT2D eigenvalue weighted by Crippen LogP contribution is 2.22. The van der Waals surface area contributed by atoms with Crippen molar-refractivity contribution in [3.63, 3.8) is 0 Å². The number of hydrogen-bond acceptors (Lipinski definition) is 3. The first-order valence-electron chi connectivity index (χ1n) is 5.14. The normalized spacial score (nSPS) is 10.0. The lowest BCUT2D eigenvalue weighted by Gasteiger charge is -2.08. The lowest BCUT2D eigenvalue weighted by atomic mass is 10.1. The van der Waals surface area contributed by atoms with Gasteiger partial charge in [-0.3, -0.25) is 9.78 Å². The van der Waals surface area contributed by atoms with Gasteiger partial charge in [0.15, 0.2) is 5.78 Å². The van der Waals surface area contributed by atoms with Gasteiger partial charge in [-0.1, -0.05) is 11.6 Å². The van der Waals surface area contributed by atoms with Gasteiger partial charge in [-0.2, -0.15) is 0 Å².